The van der Waals surface area contributed by atoms with Crippen LogP contribution in [0.3, 0.4) is 0 Å². The number of aromatic nitrogens is 1. The predicted molar refractivity (Wildman–Crippen MR) is 113 cm³/mol. The van der Waals surface area contributed by atoms with E-state index in [9.17, 15) is 0 Å². The highest BCUT2D eigenvalue weighted by Crippen LogP contribution is 2.25. The summed E-state index contributed by atoms with van der Waals surface area (Å²) in [5.74, 6) is 0. The van der Waals surface area contributed by atoms with Crippen LogP contribution in [0.25, 0.3) is 10.8 Å². The molecule has 1 aromatic heterocycles. The standard InChI is InChI=1S/C21H24N4S/c1-26-24-18-6-2-4-16(12-18)14-25-11-9-19(15-25)23-21-7-3-5-17-13-22-10-8-20(17)21/h2-8,10,12-13,19,23-24H,9,11,14-15H2,1H3. The molecule has 1 saturated heterocycles. The minimum Gasteiger partial charge on any atom is -0.380 e. The van der Waals surface area contributed by atoms with Gasteiger partial charge in [-0.25, -0.2) is 0 Å². The van der Waals surface area contributed by atoms with Crippen LogP contribution in [0.1, 0.15) is 12.0 Å². The lowest BCUT2D eigenvalue weighted by Gasteiger charge is -2.18. The summed E-state index contributed by atoms with van der Waals surface area (Å²) in [6.45, 7) is 3.20. The van der Waals surface area contributed by atoms with Crippen molar-refractivity contribution in [2.75, 3.05) is 29.4 Å². The van der Waals surface area contributed by atoms with E-state index in [1.807, 2.05) is 18.6 Å². The zero-order valence-electron chi connectivity index (χ0n) is 15.0. The van der Waals surface area contributed by atoms with Crippen molar-refractivity contribution in [3.05, 3.63) is 66.5 Å². The van der Waals surface area contributed by atoms with Crippen molar-refractivity contribution in [3.8, 4) is 0 Å². The second kappa shape index (κ2) is 7.98. The number of nitrogens with zero attached hydrogens (tertiary/aromatic N) is 2. The maximum absolute atomic E-state index is 4.22. The van der Waals surface area contributed by atoms with Gasteiger partial charge in [0.15, 0.2) is 0 Å². The molecule has 2 N–H and O–H groups in total. The SMILES string of the molecule is CSNc1cccc(CN2CCC(Nc3cccc4cnccc34)C2)c1. The largest absolute Gasteiger partial charge is 0.380 e. The maximum atomic E-state index is 4.22. The second-order valence-corrected chi connectivity index (χ2v) is 7.39. The number of benzene rings is 2. The van der Waals surface area contributed by atoms with Crippen LogP contribution in [0.4, 0.5) is 11.4 Å². The smallest absolute Gasteiger partial charge is 0.0443 e. The molecule has 0 bridgehead atoms. The average molecular weight is 365 g/mol. The van der Waals surface area contributed by atoms with E-state index in [4.69, 9.17) is 0 Å². The van der Waals surface area contributed by atoms with Crippen molar-refractivity contribution >= 4 is 34.1 Å². The van der Waals surface area contributed by atoms with Crippen LogP contribution in [-0.4, -0.2) is 35.3 Å². The second-order valence-electron chi connectivity index (χ2n) is 6.77. The normalized spacial score (nSPS) is 17.5. The van der Waals surface area contributed by atoms with Crippen molar-refractivity contribution in [3.63, 3.8) is 0 Å². The molecular formula is C21H24N4S. The summed E-state index contributed by atoms with van der Waals surface area (Å²) in [5, 5.41) is 6.18. The number of hydrogen-bond acceptors (Lipinski definition) is 5. The van der Waals surface area contributed by atoms with Gasteiger partial charge in [-0.2, -0.15) is 0 Å². The molecule has 3 aromatic rings. The van der Waals surface area contributed by atoms with Crippen molar-refractivity contribution < 1.29 is 0 Å². The molecule has 4 rings (SSSR count). The number of anilines is 2. The van der Waals surface area contributed by atoms with Gasteiger partial charge in [0.1, 0.15) is 0 Å². The Morgan fingerprint density at radius 2 is 2.12 bits per heavy atom. The molecule has 0 saturated carbocycles. The Labute approximate surface area is 159 Å². The maximum Gasteiger partial charge on any atom is 0.0443 e. The van der Waals surface area contributed by atoms with E-state index in [-0.39, 0.29) is 0 Å². The Morgan fingerprint density at radius 3 is 3.04 bits per heavy atom. The Kier molecular flexibility index (Phi) is 5.27. The summed E-state index contributed by atoms with van der Waals surface area (Å²) in [4.78, 5) is 6.75. The van der Waals surface area contributed by atoms with Gasteiger partial charge in [-0.05, 0) is 36.2 Å². The molecule has 0 aliphatic carbocycles. The third-order valence-electron chi connectivity index (χ3n) is 4.87. The molecule has 5 heteroatoms. The van der Waals surface area contributed by atoms with Crippen LogP contribution < -0.4 is 10.0 Å². The summed E-state index contributed by atoms with van der Waals surface area (Å²) >= 11 is 1.63. The van der Waals surface area contributed by atoms with Gasteiger partial charge >= 0.3 is 0 Å². The van der Waals surface area contributed by atoms with Gasteiger partial charge in [-0.1, -0.05) is 36.2 Å². The summed E-state index contributed by atoms with van der Waals surface area (Å²) in [6, 6.07) is 17.7. The number of hydrogen-bond donors (Lipinski definition) is 2. The number of rotatable bonds is 6. The molecule has 0 spiro atoms. The Morgan fingerprint density at radius 1 is 1.19 bits per heavy atom. The fourth-order valence-corrected chi connectivity index (χ4v) is 4.03. The molecule has 1 aliphatic heterocycles. The summed E-state index contributed by atoms with van der Waals surface area (Å²) in [5.41, 5.74) is 3.75. The van der Waals surface area contributed by atoms with Gasteiger partial charge in [-0.15, -0.1) is 0 Å². The van der Waals surface area contributed by atoms with Crippen molar-refractivity contribution in [1.29, 1.82) is 0 Å². The first-order chi connectivity index (χ1) is 12.8. The topological polar surface area (TPSA) is 40.2 Å². The first-order valence-corrected chi connectivity index (χ1v) is 10.2. The Bertz CT molecular complexity index is 877. The highest BCUT2D eigenvalue weighted by atomic mass is 32.2. The van der Waals surface area contributed by atoms with Gasteiger partial charge in [0.05, 0.1) is 0 Å². The molecule has 1 unspecified atom stereocenters. The molecule has 2 aromatic carbocycles. The first kappa shape index (κ1) is 17.2. The van der Waals surface area contributed by atoms with E-state index in [0.717, 1.165) is 19.6 Å². The van der Waals surface area contributed by atoms with Crippen LogP contribution in [0.2, 0.25) is 0 Å². The zero-order valence-corrected chi connectivity index (χ0v) is 15.8. The molecule has 2 heterocycles. The highest BCUT2D eigenvalue weighted by molar-refractivity contribution is 7.99. The molecule has 1 atom stereocenters. The molecule has 26 heavy (non-hydrogen) atoms. The fourth-order valence-electron chi connectivity index (χ4n) is 3.67. The van der Waals surface area contributed by atoms with E-state index in [2.05, 4.69) is 68.5 Å². The predicted octanol–water partition coefficient (Wildman–Crippen LogP) is 4.61. The van der Waals surface area contributed by atoms with E-state index >= 15 is 0 Å². The summed E-state index contributed by atoms with van der Waals surface area (Å²) in [6.07, 6.45) is 7.01. The van der Waals surface area contributed by atoms with Crippen molar-refractivity contribution in [2.24, 2.45) is 0 Å². The number of likely N-dealkylation sites (tertiary alicyclic amines) is 1. The summed E-state index contributed by atoms with van der Waals surface area (Å²) < 4.78 is 3.31. The van der Waals surface area contributed by atoms with Gasteiger partial charge in [0, 0.05) is 66.5 Å². The van der Waals surface area contributed by atoms with E-state index in [0.29, 0.717) is 6.04 Å². The molecule has 0 amide bonds. The third kappa shape index (κ3) is 3.94. The Balaban J connectivity index is 1.40. The molecule has 1 aliphatic rings. The molecular weight excluding hydrogens is 340 g/mol. The van der Waals surface area contributed by atoms with Crippen LogP contribution in [0.5, 0.6) is 0 Å². The monoisotopic (exact) mass is 364 g/mol. The molecule has 134 valence electrons. The molecule has 4 nitrogen and oxygen atoms in total. The summed E-state index contributed by atoms with van der Waals surface area (Å²) in [7, 11) is 0. The van der Waals surface area contributed by atoms with Crippen LogP contribution >= 0.6 is 11.9 Å². The van der Waals surface area contributed by atoms with Crippen molar-refractivity contribution in [1.82, 2.24) is 9.88 Å². The zero-order chi connectivity index (χ0) is 17.8. The van der Waals surface area contributed by atoms with E-state index in [1.165, 1.54) is 34.1 Å². The van der Waals surface area contributed by atoms with Gasteiger partial charge in [-0.3, -0.25) is 9.88 Å². The minimum atomic E-state index is 0.487. The molecule has 1 fully saturated rings. The quantitative estimate of drug-likeness (QED) is 0.625. The van der Waals surface area contributed by atoms with Crippen LogP contribution in [0, 0.1) is 0 Å². The van der Waals surface area contributed by atoms with E-state index < -0.39 is 0 Å². The highest BCUT2D eigenvalue weighted by Gasteiger charge is 2.22. The van der Waals surface area contributed by atoms with Gasteiger partial charge < -0.3 is 10.0 Å². The lowest BCUT2D eigenvalue weighted by molar-refractivity contribution is 0.329. The fraction of sp³-hybridized carbons (Fsp3) is 0.286. The van der Waals surface area contributed by atoms with Gasteiger partial charge in [0.25, 0.3) is 0 Å². The van der Waals surface area contributed by atoms with Gasteiger partial charge in [0.2, 0.25) is 0 Å². The number of nitrogens with one attached hydrogen (secondary N) is 2. The van der Waals surface area contributed by atoms with Crippen LogP contribution in [-0.2, 0) is 6.54 Å². The lowest BCUT2D eigenvalue weighted by atomic mass is 10.1. The van der Waals surface area contributed by atoms with Crippen LogP contribution in [0.15, 0.2) is 60.9 Å². The Hall–Kier alpha value is -2.24. The molecule has 0 radical (unpaired) electrons. The third-order valence-corrected chi connectivity index (χ3v) is 5.31. The first-order valence-electron chi connectivity index (χ1n) is 9.01. The average Bonchev–Trinajstić information content (AvgIpc) is 3.09. The lowest BCUT2D eigenvalue weighted by Crippen LogP contribution is -2.26. The van der Waals surface area contributed by atoms with E-state index in [1.54, 1.807) is 11.9 Å². The minimum absolute atomic E-state index is 0.487. The number of fused-ring (bicyclic) bond motifs is 1. The number of pyridine rings is 1. The van der Waals surface area contributed by atoms with Crippen molar-refractivity contribution in [2.45, 2.75) is 19.0 Å².